The molecule has 3 N–H and O–H groups in total. The molecule has 0 bridgehead atoms. The highest BCUT2D eigenvalue weighted by Gasteiger charge is 2.21. The number of aryl methyl sites for hydroxylation is 3. The van der Waals surface area contributed by atoms with Crippen LogP contribution in [0.15, 0.2) is 18.5 Å². The zero-order chi connectivity index (χ0) is 14.5. The highest BCUT2D eigenvalue weighted by atomic mass is 15.3. The third-order valence-electron chi connectivity index (χ3n) is 3.31. The summed E-state index contributed by atoms with van der Waals surface area (Å²) in [5, 5.41) is 8.39. The van der Waals surface area contributed by atoms with Gasteiger partial charge in [0.2, 0.25) is 0 Å². The molecule has 6 nitrogen and oxygen atoms in total. The van der Waals surface area contributed by atoms with Gasteiger partial charge in [-0.3, -0.25) is 5.84 Å². The van der Waals surface area contributed by atoms with Gasteiger partial charge in [-0.05, 0) is 25.8 Å². The molecule has 0 radical (unpaired) electrons. The predicted molar refractivity (Wildman–Crippen MR) is 77.8 cm³/mol. The monoisotopic (exact) mass is 274 g/mol. The lowest BCUT2D eigenvalue weighted by Crippen LogP contribution is -2.32. The van der Waals surface area contributed by atoms with Gasteiger partial charge in [0, 0.05) is 24.5 Å². The van der Waals surface area contributed by atoms with Crippen LogP contribution in [-0.2, 0) is 13.0 Å². The molecule has 2 rings (SSSR count). The van der Waals surface area contributed by atoms with Crippen LogP contribution in [0.3, 0.4) is 0 Å². The SMILES string of the molecule is CCCn1ccnc1C(NN)c1cc(C)nnc1CC. The first-order valence-corrected chi connectivity index (χ1v) is 7.01. The molecule has 20 heavy (non-hydrogen) atoms. The summed E-state index contributed by atoms with van der Waals surface area (Å²) in [5.41, 5.74) is 5.75. The molecule has 2 aromatic rings. The van der Waals surface area contributed by atoms with E-state index >= 15 is 0 Å². The molecule has 0 spiro atoms. The number of hydrogen-bond donors (Lipinski definition) is 2. The summed E-state index contributed by atoms with van der Waals surface area (Å²) in [6.07, 6.45) is 5.66. The van der Waals surface area contributed by atoms with E-state index < -0.39 is 0 Å². The Bertz CT molecular complexity index is 563. The molecule has 6 heteroatoms. The number of hydrogen-bond acceptors (Lipinski definition) is 5. The summed E-state index contributed by atoms with van der Waals surface area (Å²) in [7, 11) is 0. The number of aromatic nitrogens is 4. The largest absolute Gasteiger partial charge is 0.333 e. The summed E-state index contributed by atoms with van der Waals surface area (Å²) in [6, 6.07) is 1.86. The van der Waals surface area contributed by atoms with Gasteiger partial charge in [-0.15, -0.1) is 0 Å². The van der Waals surface area contributed by atoms with Gasteiger partial charge < -0.3 is 4.57 Å². The Labute approximate surface area is 119 Å². The van der Waals surface area contributed by atoms with Crippen molar-refractivity contribution in [3.63, 3.8) is 0 Å². The van der Waals surface area contributed by atoms with Crippen LogP contribution < -0.4 is 11.3 Å². The van der Waals surface area contributed by atoms with Gasteiger partial charge in [0.15, 0.2) is 0 Å². The summed E-state index contributed by atoms with van der Waals surface area (Å²) >= 11 is 0. The van der Waals surface area contributed by atoms with Crippen LogP contribution in [0.2, 0.25) is 0 Å². The molecule has 0 aliphatic heterocycles. The van der Waals surface area contributed by atoms with Gasteiger partial charge in [-0.1, -0.05) is 13.8 Å². The van der Waals surface area contributed by atoms with Gasteiger partial charge in [0.05, 0.1) is 11.4 Å². The maximum atomic E-state index is 5.78. The highest BCUT2D eigenvalue weighted by molar-refractivity contribution is 5.29. The topological polar surface area (TPSA) is 81.7 Å². The van der Waals surface area contributed by atoms with Gasteiger partial charge >= 0.3 is 0 Å². The minimum absolute atomic E-state index is 0.166. The fourth-order valence-corrected chi connectivity index (χ4v) is 2.37. The van der Waals surface area contributed by atoms with Gasteiger partial charge in [-0.2, -0.15) is 10.2 Å². The van der Waals surface area contributed by atoms with Crippen molar-refractivity contribution in [3.8, 4) is 0 Å². The molecule has 0 aliphatic carbocycles. The van der Waals surface area contributed by atoms with Gasteiger partial charge in [-0.25, -0.2) is 10.4 Å². The van der Waals surface area contributed by atoms with Gasteiger partial charge in [0.25, 0.3) is 0 Å². The van der Waals surface area contributed by atoms with E-state index in [0.29, 0.717) is 0 Å². The molecule has 0 amide bonds. The maximum absolute atomic E-state index is 5.78. The summed E-state index contributed by atoms with van der Waals surface area (Å²) in [4.78, 5) is 4.46. The van der Waals surface area contributed by atoms with Crippen LogP contribution in [0.1, 0.15) is 49.1 Å². The van der Waals surface area contributed by atoms with Gasteiger partial charge in [0.1, 0.15) is 11.9 Å². The summed E-state index contributed by atoms with van der Waals surface area (Å²) in [5.74, 6) is 6.70. The lowest BCUT2D eigenvalue weighted by Gasteiger charge is -2.19. The van der Waals surface area contributed by atoms with Crippen molar-refractivity contribution in [3.05, 3.63) is 41.2 Å². The first-order chi connectivity index (χ1) is 9.71. The third-order valence-corrected chi connectivity index (χ3v) is 3.31. The van der Waals surface area contributed by atoms with Crippen molar-refractivity contribution in [2.45, 2.75) is 46.2 Å². The lowest BCUT2D eigenvalue weighted by atomic mass is 10.0. The van der Waals surface area contributed by atoms with Crippen molar-refractivity contribution in [1.29, 1.82) is 0 Å². The Morgan fingerprint density at radius 3 is 2.80 bits per heavy atom. The second-order valence-electron chi connectivity index (χ2n) is 4.82. The average Bonchev–Trinajstić information content (AvgIpc) is 2.89. The summed E-state index contributed by atoms with van der Waals surface area (Å²) in [6.45, 7) is 7.06. The highest BCUT2D eigenvalue weighted by Crippen LogP contribution is 2.23. The lowest BCUT2D eigenvalue weighted by molar-refractivity contribution is 0.538. The fourth-order valence-electron chi connectivity index (χ4n) is 2.37. The molecule has 0 aliphatic rings. The number of imidazole rings is 1. The number of rotatable bonds is 6. The van der Waals surface area contributed by atoms with Crippen LogP contribution in [0.5, 0.6) is 0 Å². The Hall–Kier alpha value is -1.79. The van der Waals surface area contributed by atoms with Crippen LogP contribution in [0.25, 0.3) is 0 Å². The maximum Gasteiger partial charge on any atom is 0.131 e. The van der Waals surface area contributed by atoms with Crippen molar-refractivity contribution in [2.75, 3.05) is 0 Å². The fraction of sp³-hybridized carbons (Fsp3) is 0.500. The van der Waals surface area contributed by atoms with Crippen molar-refractivity contribution < 1.29 is 0 Å². The Morgan fingerprint density at radius 2 is 2.15 bits per heavy atom. The van der Waals surface area contributed by atoms with E-state index in [1.54, 1.807) is 0 Å². The standard InChI is InChI=1S/C14H22N6/c1-4-7-20-8-6-16-14(20)13(17-15)11-9-10(3)18-19-12(11)5-2/h6,8-9,13,17H,4-5,7,15H2,1-3H3. The molecule has 0 saturated heterocycles. The van der Waals surface area contributed by atoms with E-state index in [1.807, 2.05) is 25.4 Å². The van der Waals surface area contributed by atoms with E-state index in [0.717, 1.165) is 42.2 Å². The molecular formula is C14H22N6. The zero-order valence-corrected chi connectivity index (χ0v) is 12.3. The Kier molecular flexibility index (Phi) is 4.81. The van der Waals surface area contributed by atoms with E-state index in [1.165, 1.54) is 0 Å². The van der Waals surface area contributed by atoms with E-state index in [-0.39, 0.29) is 6.04 Å². The van der Waals surface area contributed by atoms with Crippen molar-refractivity contribution >= 4 is 0 Å². The normalized spacial score (nSPS) is 12.6. The molecule has 2 aromatic heterocycles. The third kappa shape index (κ3) is 2.86. The Balaban J connectivity index is 2.46. The van der Waals surface area contributed by atoms with E-state index in [4.69, 9.17) is 5.84 Å². The first-order valence-electron chi connectivity index (χ1n) is 7.01. The minimum Gasteiger partial charge on any atom is -0.333 e. The molecule has 108 valence electrons. The first kappa shape index (κ1) is 14.6. The molecular weight excluding hydrogens is 252 g/mol. The molecule has 1 unspecified atom stereocenters. The van der Waals surface area contributed by atoms with Crippen LogP contribution in [-0.4, -0.2) is 19.7 Å². The van der Waals surface area contributed by atoms with E-state index in [9.17, 15) is 0 Å². The molecule has 0 saturated carbocycles. The average molecular weight is 274 g/mol. The smallest absolute Gasteiger partial charge is 0.131 e. The Morgan fingerprint density at radius 1 is 1.35 bits per heavy atom. The quantitative estimate of drug-likeness (QED) is 0.616. The number of nitrogens with two attached hydrogens (primary N) is 1. The van der Waals surface area contributed by atoms with Crippen LogP contribution >= 0.6 is 0 Å². The molecule has 0 fully saturated rings. The number of nitrogens with one attached hydrogen (secondary N) is 1. The molecule has 1 atom stereocenters. The second-order valence-corrected chi connectivity index (χ2v) is 4.82. The van der Waals surface area contributed by atoms with Crippen molar-refractivity contribution in [2.24, 2.45) is 5.84 Å². The second kappa shape index (κ2) is 6.58. The predicted octanol–water partition coefficient (Wildman–Crippen LogP) is 1.51. The zero-order valence-electron chi connectivity index (χ0n) is 12.3. The minimum atomic E-state index is -0.166. The molecule has 0 aromatic carbocycles. The van der Waals surface area contributed by atoms with Crippen LogP contribution in [0.4, 0.5) is 0 Å². The number of hydrazine groups is 1. The van der Waals surface area contributed by atoms with E-state index in [2.05, 4.69) is 39.0 Å². The van der Waals surface area contributed by atoms with Crippen molar-refractivity contribution in [1.82, 2.24) is 25.2 Å². The summed E-state index contributed by atoms with van der Waals surface area (Å²) < 4.78 is 2.12. The number of nitrogens with zero attached hydrogens (tertiary/aromatic N) is 4. The van der Waals surface area contributed by atoms with Crippen LogP contribution in [0, 0.1) is 6.92 Å². The molecule has 2 heterocycles.